The standard InChI is InChI=1S/C11H16N4O6/c1-14-8(17)3-2-6(10(14)20)13-11(21)15(4-7(12)16)5-9(18)19/h6H,2-5H2,1H3,(H2,12,16)(H,13,21)(H,18,19). The number of nitrogens with zero attached hydrogens (tertiary/aromatic N) is 2. The summed E-state index contributed by atoms with van der Waals surface area (Å²) in [6.07, 6.45) is 0.202. The van der Waals surface area contributed by atoms with Crippen LogP contribution < -0.4 is 11.1 Å². The number of nitrogens with two attached hydrogens (primary N) is 1. The predicted octanol–water partition coefficient (Wildman–Crippen LogP) is -2.28. The number of imide groups is 1. The highest BCUT2D eigenvalue weighted by molar-refractivity contribution is 6.01. The second-order valence-corrected chi connectivity index (χ2v) is 4.55. The third kappa shape index (κ3) is 4.44. The van der Waals surface area contributed by atoms with Crippen LogP contribution in [0.2, 0.25) is 0 Å². The van der Waals surface area contributed by atoms with Gasteiger partial charge in [0.2, 0.25) is 11.8 Å². The highest BCUT2D eigenvalue weighted by atomic mass is 16.4. The van der Waals surface area contributed by atoms with Crippen LogP contribution in [0, 0.1) is 0 Å². The Morgan fingerprint density at radius 2 is 2.00 bits per heavy atom. The largest absolute Gasteiger partial charge is 0.480 e. The van der Waals surface area contributed by atoms with Crippen molar-refractivity contribution in [3.63, 3.8) is 0 Å². The van der Waals surface area contributed by atoms with Gasteiger partial charge >= 0.3 is 12.0 Å². The van der Waals surface area contributed by atoms with E-state index < -0.39 is 42.9 Å². The zero-order chi connectivity index (χ0) is 16.2. The molecule has 0 saturated carbocycles. The average Bonchev–Trinajstić information content (AvgIpc) is 2.37. The number of carboxylic acid groups (broad SMARTS) is 1. The first kappa shape index (κ1) is 16.4. The fraction of sp³-hybridized carbons (Fsp3) is 0.545. The molecule has 1 saturated heterocycles. The van der Waals surface area contributed by atoms with Crippen molar-refractivity contribution in [2.75, 3.05) is 20.1 Å². The van der Waals surface area contributed by atoms with Crippen molar-refractivity contribution in [2.45, 2.75) is 18.9 Å². The Morgan fingerprint density at radius 1 is 1.38 bits per heavy atom. The summed E-state index contributed by atoms with van der Waals surface area (Å²) in [5.41, 5.74) is 4.93. The number of likely N-dealkylation sites (N-methyl/N-ethyl adjacent to an activating group) is 1. The van der Waals surface area contributed by atoms with Gasteiger partial charge in [0.1, 0.15) is 19.1 Å². The highest BCUT2D eigenvalue weighted by Crippen LogP contribution is 2.11. The fourth-order valence-electron chi connectivity index (χ4n) is 1.84. The molecule has 1 fully saturated rings. The number of carbonyl (C=O) groups is 5. The van der Waals surface area contributed by atoms with Gasteiger partial charge in [-0.3, -0.25) is 24.1 Å². The fourth-order valence-corrected chi connectivity index (χ4v) is 1.84. The third-order valence-corrected chi connectivity index (χ3v) is 2.91. The molecule has 1 atom stereocenters. The van der Waals surface area contributed by atoms with Crippen LogP contribution in [0.15, 0.2) is 0 Å². The van der Waals surface area contributed by atoms with Gasteiger partial charge in [0.25, 0.3) is 5.91 Å². The van der Waals surface area contributed by atoms with Crippen LogP contribution in [0.5, 0.6) is 0 Å². The lowest BCUT2D eigenvalue weighted by Gasteiger charge is -2.30. The summed E-state index contributed by atoms with van der Waals surface area (Å²) in [6.45, 7) is -1.32. The van der Waals surface area contributed by atoms with E-state index in [1.807, 2.05) is 0 Å². The maximum absolute atomic E-state index is 11.9. The molecule has 0 bridgehead atoms. The number of piperidine rings is 1. The van der Waals surface area contributed by atoms with E-state index in [4.69, 9.17) is 10.8 Å². The quantitative estimate of drug-likeness (QED) is 0.486. The summed E-state index contributed by atoms with van der Waals surface area (Å²) in [5, 5.41) is 11.0. The number of hydrogen-bond acceptors (Lipinski definition) is 5. The smallest absolute Gasteiger partial charge is 0.323 e. The molecule has 1 heterocycles. The summed E-state index contributed by atoms with van der Waals surface area (Å²) < 4.78 is 0. The third-order valence-electron chi connectivity index (χ3n) is 2.91. The van der Waals surface area contributed by atoms with Gasteiger partial charge in [-0.2, -0.15) is 0 Å². The maximum Gasteiger partial charge on any atom is 0.323 e. The molecule has 0 aromatic heterocycles. The summed E-state index contributed by atoms with van der Waals surface area (Å²) in [6, 6.07) is -1.85. The first-order valence-electron chi connectivity index (χ1n) is 6.08. The molecule has 1 unspecified atom stereocenters. The molecule has 0 spiro atoms. The number of primary amides is 1. The number of amides is 5. The van der Waals surface area contributed by atoms with Crippen LogP contribution in [0.3, 0.4) is 0 Å². The van der Waals surface area contributed by atoms with Gasteiger partial charge in [0, 0.05) is 13.5 Å². The predicted molar refractivity (Wildman–Crippen MR) is 67.7 cm³/mol. The molecule has 1 rings (SSSR count). The Morgan fingerprint density at radius 3 is 2.52 bits per heavy atom. The van der Waals surface area contributed by atoms with Gasteiger partial charge in [0.15, 0.2) is 0 Å². The van der Waals surface area contributed by atoms with E-state index in [2.05, 4.69) is 5.32 Å². The van der Waals surface area contributed by atoms with E-state index in [0.717, 1.165) is 4.90 Å². The molecular formula is C11H16N4O6. The molecule has 0 aromatic carbocycles. The van der Waals surface area contributed by atoms with Crippen molar-refractivity contribution in [3.05, 3.63) is 0 Å². The van der Waals surface area contributed by atoms with E-state index >= 15 is 0 Å². The van der Waals surface area contributed by atoms with Crippen molar-refractivity contribution in [2.24, 2.45) is 5.73 Å². The number of carboxylic acids is 1. The van der Waals surface area contributed by atoms with Gasteiger partial charge in [-0.05, 0) is 6.42 Å². The summed E-state index contributed by atoms with van der Waals surface area (Å²) >= 11 is 0. The van der Waals surface area contributed by atoms with E-state index in [-0.39, 0.29) is 18.7 Å². The number of hydrogen-bond donors (Lipinski definition) is 3. The molecule has 5 amide bonds. The van der Waals surface area contributed by atoms with Crippen LogP contribution in [0.4, 0.5) is 4.79 Å². The zero-order valence-electron chi connectivity index (χ0n) is 11.4. The minimum Gasteiger partial charge on any atom is -0.480 e. The molecule has 10 heteroatoms. The van der Waals surface area contributed by atoms with Crippen molar-refractivity contribution >= 4 is 29.7 Å². The second-order valence-electron chi connectivity index (χ2n) is 4.55. The topological polar surface area (TPSA) is 150 Å². The van der Waals surface area contributed by atoms with Gasteiger partial charge in [-0.15, -0.1) is 0 Å². The molecule has 4 N–H and O–H groups in total. The normalized spacial score (nSPS) is 18.3. The monoisotopic (exact) mass is 300 g/mol. The van der Waals surface area contributed by atoms with Crippen molar-refractivity contribution in [3.8, 4) is 0 Å². The molecule has 1 aliphatic rings. The Bertz CT molecular complexity index is 475. The molecule has 0 aliphatic carbocycles. The molecule has 1 aliphatic heterocycles. The Hall–Kier alpha value is -2.65. The van der Waals surface area contributed by atoms with Crippen LogP contribution in [0.25, 0.3) is 0 Å². The Balaban J connectivity index is 2.72. The van der Waals surface area contributed by atoms with Gasteiger partial charge in [-0.1, -0.05) is 0 Å². The Kier molecular flexibility index (Phi) is 5.22. The SMILES string of the molecule is CN1C(=O)CCC(NC(=O)N(CC(N)=O)CC(=O)O)C1=O. The lowest BCUT2D eigenvalue weighted by atomic mass is 10.1. The summed E-state index contributed by atoms with van der Waals surface area (Å²) in [4.78, 5) is 58.1. The van der Waals surface area contributed by atoms with E-state index in [1.54, 1.807) is 0 Å². The van der Waals surface area contributed by atoms with Crippen LogP contribution in [-0.2, 0) is 19.2 Å². The molecular weight excluding hydrogens is 284 g/mol. The van der Waals surface area contributed by atoms with Crippen molar-refractivity contribution < 1.29 is 29.1 Å². The molecule has 0 aromatic rings. The molecule has 21 heavy (non-hydrogen) atoms. The summed E-state index contributed by atoms with van der Waals surface area (Å²) in [5.74, 6) is -3.15. The lowest BCUT2D eigenvalue weighted by molar-refractivity contribution is -0.147. The molecule has 116 valence electrons. The summed E-state index contributed by atoms with van der Waals surface area (Å²) in [7, 11) is 1.29. The second kappa shape index (κ2) is 6.68. The van der Waals surface area contributed by atoms with Crippen molar-refractivity contribution in [1.29, 1.82) is 0 Å². The average molecular weight is 300 g/mol. The van der Waals surface area contributed by atoms with E-state index in [9.17, 15) is 24.0 Å². The van der Waals surface area contributed by atoms with Gasteiger partial charge in [0.05, 0.1) is 0 Å². The van der Waals surface area contributed by atoms with E-state index in [1.165, 1.54) is 7.05 Å². The van der Waals surface area contributed by atoms with Gasteiger partial charge in [-0.25, -0.2) is 4.79 Å². The number of aliphatic carboxylic acids is 1. The molecule has 10 nitrogen and oxygen atoms in total. The molecule has 0 radical (unpaired) electrons. The highest BCUT2D eigenvalue weighted by Gasteiger charge is 2.34. The first-order valence-corrected chi connectivity index (χ1v) is 6.08. The van der Waals surface area contributed by atoms with Crippen molar-refractivity contribution in [1.82, 2.24) is 15.1 Å². The van der Waals surface area contributed by atoms with E-state index in [0.29, 0.717) is 4.90 Å². The number of rotatable bonds is 5. The minimum atomic E-state index is -1.33. The zero-order valence-corrected chi connectivity index (χ0v) is 11.4. The first-order chi connectivity index (χ1) is 9.72. The number of likely N-dealkylation sites (tertiary alicyclic amines) is 1. The van der Waals surface area contributed by atoms with Crippen LogP contribution >= 0.6 is 0 Å². The number of nitrogens with one attached hydrogen (secondary N) is 1. The maximum atomic E-state index is 11.9. The number of carbonyl (C=O) groups excluding carboxylic acids is 4. The van der Waals surface area contributed by atoms with Crippen LogP contribution in [-0.4, -0.2) is 70.8 Å². The van der Waals surface area contributed by atoms with Gasteiger partial charge < -0.3 is 21.1 Å². The lowest BCUT2D eigenvalue weighted by Crippen LogP contribution is -2.56. The van der Waals surface area contributed by atoms with Crippen LogP contribution in [0.1, 0.15) is 12.8 Å². The number of urea groups is 1. The minimum absolute atomic E-state index is 0.0853. The Labute approximate surface area is 119 Å².